The van der Waals surface area contributed by atoms with E-state index in [1.807, 2.05) is 48.5 Å². The van der Waals surface area contributed by atoms with Crippen molar-refractivity contribution in [3.63, 3.8) is 0 Å². The van der Waals surface area contributed by atoms with Crippen LogP contribution in [0.25, 0.3) is 10.6 Å². The summed E-state index contributed by atoms with van der Waals surface area (Å²) < 4.78 is 0. The summed E-state index contributed by atoms with van der Waals surface area (Å²) in [5, 5.41) is 0.772. The topological polar surface area (TPSA) is 0 Å². The molecule has 0 unspecified atom stereocenters. The summed E-state index contributed by atoms with van der Waals surface area (Å²) in [5.74, 6) is 0. The zero-order valence-electron chi connectivity index (χ0n) is 12.9. The van der Waals surface area contributed by atoms with Gasteiger partial charge in [-0.3, -0.25) is 0 Å². The van der Waals surface area contributed by atoms with Crippen LogP contribution in [0.15, 0.2) is 89.8 Å². The largest absolute Gasteiger partial charge is 0.130 e. The molecule has 0 saturated carbocycles. The van der Waals surface area contributed by atoms with Gasteiger partial charge in [-0.15, -0.1) is 11.8 Å². The first-order valence-electron chi connectivity index (χ1n) is 7.44. The molecule has 0 aliphatic heterocycles. The van der Waals surface area contributed by atoms with Crippen molar-refractivity contribution in [1.29, 1.82) is 0 Å². The van der Waals surface area contributed by atoms with E-state index in [4.69, 9.17) is 11.6 Å². The maximum atomic E-state index is 6.79. The van der Waals surface area contributed by atoms with Crippen molar-refractivity contribution in [1.82, 2.24) is 0 Å². The maximum Gasteiger partial charge on any atom is 0.0562 e. The van der Waals surface area contributed by atoms with Crippen LogP contribution in [0.5, 0.6) is 0 Å². The van der Waals surface area contributed by atoms with Crippen molar-refractivity contribution in [3.05, 3.63) is 102 Å². The number of rotatable bonds is 4. The summed E-state index contributed by atoms with van der Waals surface area (Å²) >= 11 is 8.53. The fourth-order valence-electron chi connectivity index (χ4n) is 2.51. The summed E-state index contributed by atoms with van der Waals surface area (Å²) in [6, 6.07) is 29.0. The van der Waals surface area contributed by atoms with Gasteiger partial charge in [0.2, 0.25) is 0 Å². The Kier molecular flexibility index (Phi) is 5.22. The van der Waals surface area contributed by atoms with Gasteiger partial charge in [0.1, 0.15) is 0 Å². The zero-order chi connectivity index (χ0) is 16.1. The average molecular weight is 337 g/mol. The number of hydrogen-bond donors (Lipinski definition) is 0. The molecule has 23 heavy (non-hydrogen) atoms. The predicted molar refractivity (Wildman–Crippen MR) is 103 cm³/mol. The Morgan fingerprint density at radius 1 is 0.652 bits per heavy atom. The van der Waals surface area contributed by atoms with Crippen molar-refractivity contribution in [2.24, 2.45) is 0 Å². The molecule has 0 aliphatic rings. The highest BCUT2D eigenvalue weighted by molar-refractivity contribution is 7.98. The number of hydrogen-bond acceptors (Lipinski definition) is 1. The number of thioether (sulfide) groups is 1. The highest BCUT2D eigenvalue weighted by Gasteiger charge is 2.12. The normalized spacial score (nSPS) is 11.9. The molecule has 114 valence electrons. The fraction of sp³-hybridized carbons (Fsp3) is 0.0476. The number of halogens is 1. The molecule has 3 rings (SSSR count). The predicted octanol–water partition coefficient (Wildman–Crippen LogP) is 6.56. The zero-order valence-corrected chi connectivity index (χ0v) is 14.4. The van der Waals surface area contributed by atoms with Gasteiger partial charge in [0.25, 0.3) is 0 Å². The highest BCUT2D eigenvalue weighted by atomic mass is 35.5. The SMILES string of the molecule is CSc1ccc(C(=C(Cl)c2ccccc2)c2ccccc2)cc1. The second-order valence-corrected chi connectivity index (χ2v) is 6.41. The first-order chi connectivity index (χ1) is 11.3. The third-order valence-corrected chi connectivity index (χ3v) is 4.84. The van der Waals surface area contributed by atoms with Gasteiger partial charge >= 0.3 is 0 Å². The molecule has 0 fully saturated rings. The van der Waals surface area contributed by atoms with Crippen molar-refractivity contribution >= 4 is 34.0 Å². The lowest BCUT2D eigenvalue weighted by Gasteiger charge is -2.13. The minimum absolute atomic E-state index is 0.772. The second kappa shape index (κ2) is 7.54. The van der Waals surface area contributed by atoms with E-state index in [0.29, 0.717) is 0 Å². The molecule has 0 spiro atoms. The monoisotopic (exact) mass is 336 g/mol. The lowest BCUT2D eigenvalue weighted by Crippen LogP contribution is -1.91. The molecule has 2 heteroatoms. The molecule has 0 amide bonds. The summed E-state index contributed by atoms with van der Waals surface area (Å²) in [6.07, 6.45) is 2.08. The van der Waals surface area contributed by atoms with Crippen molar-refractivity contribution in [2.75, 3.05) is 6.26 Å². The van der Waals surface area contributed by atoms with E-state index in [0.717, 1.165) is 27.3 Å². The van der Waals surface area contributed by atoms with Gasteiger partial charge in [-0.2, -0.15) is 0 Å². The van der Waals surface area contributed by atoms with Crippen LogP contribution in [0.4, 0.5) is 0 Å². The molecule has 0 N–H and O–H groups in total. The van der Waals surface area contributed by atoms with E-state index in [1.165, 1.54) is 4.90 Å². The first kappa shape index (κ1) is 15.9. The molecule has 0 heterocycles. The lowest BCUT2D eigenvalue weighted by molar-refractivity contribution is 1.43. The van der Waals surface area contributed by atoms with E-state index >= 15 is 0 Å². The van der Waals surface area contributed by atoms with Gasteiger partial charge in [0.05, 0.1) is 5.03 Å². The Morgan fingerprint density at radius 2 is 1.13 bits per heavy atom. The van der Waals surface area contributed by atoms with Crippen LogP contribution in [0.1, 0.15) is 16.7 Å². The summed E-state index contributed by atoms with van der Waals surface area (Å²) in [6.45, 7) is 0. The van der Waals surface area contributed by atoms with E-state index in [9.17, 15) is 0 Å². The van der Waals surface area contributed by atoms with Crippen LogP contribution in [0.3, 0.4) is 0 Å². The van der Waals surface area contributed by atoms with Crippen LogP contribution in [0, 0.1) is 0 Å². The van der Waals surface area contributed by atoms with Gasteiger partial charge in [-0.25, -0.2) is 0 Å². The Bertz CT molecular complexity index is 790. The Morgan fingerprint density at radius 3 is 1.65 bits per heavy atom. The van der Waals surface area contributed by atoms with Crippen LogP contribution in [-0.2, 0) is 0 Å². The summed E-state index contributed by atoms with van der Waals surface area (Å²) in [7, 11) is 0. The molecule has 0 nitrogen and oxygen atoms in total. The molecule has 3 aromatic rings. The first-order valence-corrected chi connectivity index (χ1v) is 9.05. The van der Waals surface area contributed by atoms with Gasteiger partial charge in [0, 0.05) is 10.5 Å². The van der Waals surface area contributed by atoms with E-state index in [2.05, 4.69) is 42.7 Å². The molecule has 3 aromatic carbocycles. The standard InChI is InChI=1S/C21H17ClS/c1-23-19-14-12-17(13-15-19)20(16-8-4-2-5-9-16)21(22)18-10-6-3-7-11-18/h2-15H,1H3. The molecular formula is C21H17ClS. The quantitative estimate of drug-likeness (QED) is 0.384. The van der Waals surface area contributed by atoms with E-state index in [-0.39, 0.29) is 0 Å². The smallest absolute Gasteiger partial charge is 0.0562 e. The third-order valence-electron chi connectivity index (χ3n) is 3.69. The highest BCUT2D eigenvalue weighted by Crippen LogP contribution is 2.35. The Hall–Kier alpha value is -1.96. The third kappa shape index (κ3) is 3.69. The number of benzene rings is 3. The fourth-order valence-corrected chi connectivity index (χ4v) is 3.26. The van der Waals surface area contributed by atoms with Crippen molar-refractivity contribution < 1.29 is 0 Å². The minimum atomic E-state index is 0.772. The Labute approximate surface area is 146 Å². The van der Waals surface area contributed by atoms with Gasteiger partial charge < -0.3 is 0 Å². The molecule has 0 aliphatic carbocycles. The maximum absolute atomic E-state index is 6.79. The molecule has 0 aromatic heterocycles. The molecule has 0 atom stereocenters. The second-order valence-electron chi connectivity index (χ2n) is 5.15. The average Bonchev–Trinajstić information content (AvgIpc) is 2.64. The molecule has 0 radical (unpaired) electrons. The molecule has 0 bridgehead atoms. The van der Waals surface area contributed by atoms with Crippen molar-refractivity contribution in [2.45, 2.75) is 4.90 Å². The lowest BCUT2D eigenvalue weighted by atomic mass is 9.95. The van der Waals surface area contributed by atoms with Gasteiger partial charge in [0.15, 0.2) is 0 Å². The Balaban J connectivity index is 2.18. The van der Waals surface area contributed by atoms with Gasteiger partial charge in [-0.1, -0.05) is 84.4 Å². The molecule has 0 saturated heterocycles. The minimum Gasteiger partial charge on any atom is -0.130 e. The van der Waals surface area contributed by atoms with Crippen molar-refractivity contribution in [3.8, 4) is 0 Å². The molecular weight excluding hydrogens is 320 g/mol. The van der Waals surface area contributed by atoms with Crippen LogP contribution in [-0.4, -0.2) is 6.26 Å². The van der Waals surface area contributed by atoms with E-state index in [1.54, 1.807) is 11.8 Å². The van der Waals surface area contributed by atoms with E-state index < -0.39 is 0 Å². The summed E-state index contributed by atoms with van der Waals surface area (Å²) in [4.78, 5) is 1.25. The van der Waals surface area contributed by atoms with Gasteiger partial charge in [-0.05, 0) is 35.1 Å². The van der Waals surface area contributed by atoms with Crippen LogP contribution in [0.2, 0.25) is 0 Å². The van der Waals surface area contributed by atoms with Crippen LogP contribution >= 0.6 is 23.4 Å². The summed E-state index contributed by atoms with van der Waals surface area (Å²) in [5.41, 5.74) is 4.34. The van der Waals surface area contributed by atoms with Crippen LogP contribution < -0.4 is 0 Å².